The van der Waals surface area contributed by atoms with Crippen LogP contribution in [0.2, 0.25) is 0 Å². The highest BCUT2D eigenvalue weighted by atomic mass is 35.5. The van der Waals surface area contributed by atoms with Crippen molar-refractivity contribution in [1.82, 2.24) is 4.42 Å². The van der Waals surface area contributed by atoms with E-state index in [0.29, 0.717) is 5.92 Å². The van der Waals surface area contributed by atoms with Gasteiger partial charge in [0.25, 0.3) is 0 Å². The van der Waals surface area contributed by atoms with Gasteiger partial charge in [-0.05, 0) is 41.7 Å². The van der Waals surface area contributed by atoms with Crippen LogP contribution in [0.25, 0.3) is 0 Å². The predicted molar refractivity (Wildman–Crippen MR) is 88.5 cm³/mol. The lowest BCUT2D eigenvalue weighted by molar-refractivity contribution is -0.139. The Morgan fingerprint density at radius 3 is 2.65 bits per heavy atom. The lowest BCUT2D eigenvalue weighted by Crippen LogP contribution is -2.30. The Balaban J connectivity index is 0.000000241. The summed E-state index contributed by atoms with van der Waals surface area (Å²) in [6, 6.07) is 7.59. The van der Waals surface area contributed by atoms with E-state index in [9.17, 15) is 9.59 Å². The zero-order valence-corrected chi connectivity index (χ0v) is 13.9. The number of carbonyl (C=O) groups is 2. The minimum Gasteiger partial charge on any atom is -0.481 e. The van der Waals surface area contributed by atoms with Crippen LogP contribution in [0.3, 0.4) is 0 Å². The minimum absolute atomic E-state index is 0.0231. The Hall–Kier alpha value is -1.63. The number of hydrogen-bond donors (Lipinski definition) is 3. The molecule has 0 aromatic heterocycles. The lowest BCUT2D eigenvalue weighted by Gasteiger charge is -2.14. The van der Waals surface area contributed by atoms with E-state index in [1.165, 1.54) is 11.1 Å². The summed E-state index contributed by atoms with van der Waals surface area (Å²) in [6.07, 6.45) is 0.849. The minimum atomic E-state index is -1.17. The van der Waals surface area contributed by atoms with Gasteiger partial charge in [0.15, 0.2) is 0 Å². The third kappa shape index (κ3) is 6.99. The van der Waals surface area contributed by atoms with E-state index in [0.717, 1.165) is 19.5 Å². The van der Waals surface area contributed by atoms with Crippen LogP contribution >= 0.6 is 11.8 Å². The van der Waals surface area contributed by atoms with Crippen molar-refractivity contribution in [3.63, 3.8) is 0 Å². The fraction of sp³-hybridized carbons (Fsp3) is 0.500. The van der Waals surface area contributed by atoms with E-state index in [1.54, 1.807) is 0 Å². The van der Waals surface area contributed by atoms with Crippen LogP contribution in [-0.4, -0.2) is 45.7 Å². The number of benzene rings is 1. The number of nitrogens with two attached hydrogens (primary N) is 1. The van der Waals surface area contributed by atoms with Crippen molar-refractivity contribution < 1.29 is 19.8 Å². The first-order chi connectivity index (χ1) is 10.8. The Bertz CT molecular complexity index is 539. The summed E-state index contributed by atoms with van der Waals surface area (Å²) in [5, 5.41) is 16.3. The van der Waals surface area contributed by atoms with Gasteiger partial charge < -0.3 is 15.9 Å². The molecule has 0 amide bonds. The van der Waals surface area contributed by atoms with Gasteiger partial charge in [-0.1, -0.05) is 31.2 Å². The maximum atomic E-state index is 9.99. The Kier molecular flexibility index (Phi) is 8.02. The van der Waals surface area contributed by atoms with Crippen molar-refractivity contribution in [3.8, 4) is 0 Å². The highest BCUT2D eigenvalue weighted by molar-refractivity contribution is 6.13. The predicted octanol–water partition coefficient (Wildman–Crippen LogP) is 2.07. The second-order valence-electron chi connectivity index (χ2n) is 5.60. The van der Waals surface area contributed by atoms with Gasteiger partial charge in [-0.15, -0.1) is 0 Å². The first kappa shape index (κ1) is 19.4. The van der Waals surface area contributed by atoms with Crippen molar-refractivity contribution in [2.24, 2.45) is 5.73 Å². The van der Waals surface area contributed by atoms with Crippen molar-refractivity contribution >= 4 is 23.7 Å². The maximum absolute atomic E-state index is 9.99. The van der Waals surface area contributed by atoms with E-state index in [2.05, 4.69) is 31.2 Å². The standard InChI is InChI=1S/C11H14ClN.C5H9NO4/c1-9-8-13(12)7-6-10-4-2-3-5-11(9)10;6-3(5(9)10)1-2-4(7)8/h2-5,9H,6-8H2,1H3;3H,1-2,6H2,(H,7,8)(H,9,10)/t9-;3-/m10/s1. The first-order valence-electron chi connectivity index (χ1n) is 7.50. The van der Waals surface area contributed by atoms with Crippen LogP contribution in [-0.2, 0) is 16.0 Å². The smallest absolute Gasteiger partial charge is 0.320 e. The molecule has 1 aliphatic rings. The van der Waals surface area contributed by atoms with Crippen molar-refractivity contribution in [3.05, 3.63) is 35.4 Å². The van der Waals surface area contributed by atoms with Crippen molar-refractivity contribution in [2.75, 3.05) is 13.1 Å². The van der Waals surface area contributed by atoms with Crippen LogP contribution in [0.15, 0.2) is 24.3 Å². The Morgan fingerprint density at radius 2 is 2.04 bits per heavy atom. The Labute approximate surface area is 141 Å². The number of halogens is 1. The molecular formula is C16H23ClN2O4. The SMILES string of the molecule is C[C@@H]1CN(Cl)CCc2ccccc21.N[C@@H](CCC(=O)O)C(=O)O. The molecule has 0 fully saturated rings. The van der Waals surface area contributed by atoms with E-state index >= 15 is 0 Å². The van der Waals surface area contributed by atoms with Gasteiger partial charge in [-0.3, -0.25) is 9.59 Å². The summed E-state index contributed by atoms with van der Waals surface area (Å²) in [6.45, 7) is 4.15. The molecule has 4 N–H and O–H groups in total. The zero-order chi connectivity index (χ0) is 17.4. The summed E-state index contributed by atoms with van der Waals surface area (Å²) in [4.78, 5) is 19.9. The molecular weight excluding hydrogens is 320 g/mol. The summed E-state index contributed by atoms with van der Waals surface area (Å²) in [7, 11) is 0. The Morgan fingerprint density at radius 1 is 1.39 bits per heavy atom. The molecule has 0 bridgehead atoms. The van der Waals surface area contributed by atoms with Gasteiger partial charge in [0.05, 0.1) is 0 Å². The molecule has 128 valence electrons. The molecule has 1 aromatic rings. The van der Waals surface area contributed by atoms with Gasteiger partial charge in [-0.2, -0.15) is 0 Å². The second kappa shape index (κ2) is 9.50. The molecule has 7 heteroatoms. The quantitative estimate of drug-likeness (QED) is 0.723. The molecule has 0 radical (unpaired) electrons. The molecule has 0 saturated carbocycles. The molecule has 0 saturated heterocycles. The number of fused-ring (bicyclic) bond motifs is 1. The van der Waals surface area contributed by atoms with E-state index in [-0.39, 0.29) is 12.8 Å². The van der Waals surface area contributed by atoms with Gasteiger partial charge in [0.2, 0.25) is 0 Å². The molecule has 6 nitrogen and oxygen atoms in total. The summed E-state index contributed by atoms with van der Waals surface area (Å²) < 4.78 is 1.89. The zero-order valence-electron chi connectivity index (χ0n) is 13.1. The van der Waals surface area contributed by atoms with Crippen LogP contribution in [0.5, 0.6) is 0 Å². The monoisotopic (exact) mass is 342 g/mol. The molecule has 1 heterocycles. The van der Waals surface area contributed by atoms with E-state index in [1.807, 2.05) is 4.42 Å². The fourth-order valence-corrected chi connectivity index (χ4v) is 2.67. The molecule has 1 aliphatic heterocycles. The van der Waals surface area contributed by atoms with Crippen LogP contribution < -0.4 is 5.73 Å². The first-order valence-corrected chi connectivity index (χ1v) is 7.83. The largest absolute Gasteiger partial charge is 0.481 e. The molecule has 23 heavy (non-hydrogen) atoms. The topological polar surface area (TPSA) is 104 Å². The van der Waals surface area contributed by atoms with Gasteiger partial charge in [-0.25, -0.2) is 4.42 Å². The van der Waals surface area contributed by atoms with Crippen LogP contribution in [0.1, 0.15) is 36.8 Å². The fourth-order valence-electron chi connectivity index (χ4n) is 2.37. The van der Waals surface area contributed by atoms with Crippen molar-refractivity contribution in [1.29, 1.82) is 0 Å². The number of carboxylic acids is 2. The third-order valence-corrected chi connectivity index (χ3v) is 3.98. The molecule has 2 atom stereocenters. The normalized spacial score (nSPS) is 18.8. The average molecular weight is 343 g/mol. The highest BCUT2D eigenvalue weighted by Crippen LogP contribution is 2.25. The third-order valence-electron chi connectivity index (χ3n) is 3.67. The van der Waals surface area contributed by atoms with E-state index in [4.69, 9.17) is 27.7 Å². The number of rotatable bonds is 4. The molecule has 1 aromatic carbocycles. The second-order valence-corrected chi connectivity index (χ2v) is 6.07. The average Bonchev–Trinajstić information content (AvgIpc) is 2.64. The summed E-state index contributed by atoms with van der Waals surface area (Å²) >= 11 is 6.04. The molecule has 2 rings (SSSR count). The summed E-state index contributed by atoms with van der Waals surface area (Å²) in [5.74, 6) is -1.64. The van der Waals surface area contributed by atoms with Gasteiger partial charge >= 0.3 is 11.9 Å². The van der Waals surface area contributed by atoms with Crippen LogP contribution in [0.4, 0.5) is 0 Å². The number of aliphatic carboxylic acids is 2. The number of hydrogen-bond acceptors (Lipinski definition) is 4. The molecule has 0 unspecified atom stereocenters. The number of carboxylic acid groups (broad SMARTS) is 2. The van der Waals surface area contributed by atoms with E-state index < -0.39 is 18.0 Å². The lowest BCUT2D eigenvalue weighted by atomic mass is 9.96. The van der Waals surface area contributed by atoms with Crippen molar-refractivity contribution in [2.45, 2.75) is 38.1 Å². The van der Waals surface area contributed by atoms with Gasteiger partial charge in [0.1, 0.15) is 6.04 Å². The molecule has 0 aliphatic carbocycles. The number of nitrogens with zero attached hydrogens (tertiary/aromatic N) is 1. The summed E-state index contributed by atoms with van der Waals surface area (Å²) in [5.41, 5.74) is 7.92. The van der Waals surface area contributed by atoms with Gasteiger partial charge in [0, 0.05) is 19.5 Å². The highest BCUT2D eigenvalue weighted by Gasteiger charge is 2.17. The molecule has 0 spiro atoms. The maximum Gasteiger partial charge on any atom is 0.320 e. The van der Waals surface area contributed by atoms with Crippen LogP contribution in [0, 0.1) is 0 Å².